The van der Waals surface area contributed by atoms with Crippen molar-refractivity contribution in [2.75, 3.05) is 25.4 Å². The first-order valence-corrected chi connectivity index (χ1v) is 10.4. The van der Waals surface area contributed by atoms with Crippen molar-refractivity contribution in [3.05, 3.63) is 46.6 Å². The van der Waals surface area contributed by atoms with Gasteiger partial charge < -0.3 is 20.7 Å². The van der Waals surface area contributed by atoms with Gasteiger partial charge in [-0.1, -0.05) is 12.1 Å². The van der Waals surface area contributed by atoms with Crippen LogP contribution in [0.1, 0.15) is 25.1 Å². The third-order valence-corrected chi connectivity index (χ3v) is 5.62. The lowest BCUT2D eigenvalue weighted by molar-refractivity contribution is -0.139. The Morgan fingerprint density at radius 1 is 1.21 bits per heavy atom. The number of allylic oxidation sites excluding steroid dienone is 1. The number of benzene rings is 1. The molecule has 0 bridgehead atoms. The van der Waals surface area contributed by atoms with Gasteiger partial charge in [0, 0.05) is 30.7 Å². The highest BCUT2D eigenvalue weighted by Gasteiger charge is 2.12. The topological polar surface area (TPSA) is 92.3 Å². The molecule has 0 unspecified atom stereocenters. The number of anilines is 2. The minimum Gasteiger partial charge on any atom is -0.469 e. The summed E-state index contributed by atoms with van der Waals surface area (Å²) in [4.78, 5) is 28.1. The normalized spacial score (nSPS) is 11.4. The van der Waals surface area contributed by atoms with Crippen LogP contribution >= 0.6 is 23.1 Å². The second-order valence-corrected chi connectivity index (χ2v) is 7.68. The molecule has 9 heteroatoms. The summed E-state index contributed by atoms with van der Waals surface area (Å²) >= 11 is 3.02. The van der Waals surface area contributed by atoms with Gasteiger partial charge in [0.15, 0.2) is 5.13 Å². The molecule has 0 aliphatic heterocycles. The number of thiazole rings is 1. The number of esters is 1. The number of nitrogens with zero attached hydrogens (tertiary/aromatic N) is 1. The van der Waals surface area contributed by atoms with Crippen molar-refractivity contribution >= 4 is 50.7 Å². The molecule has 0 spiro atoms. The Balaban J connectivity index is 2.07. The lowest BCUT2D eigenvalue weighted by Gasteiger charge is -2.10. The lowest BCUT2D eigenvalue weighted by Crippen LogP contribution is -2.19. The van der Waals surface area contributed by atoms with Gasteiger partial charge in [0.2, 0.25) is 5.91 Å². The van der Waals surface area contributed by atoms with E-state index in [0.717, 1.165) is 32.7 Å². The van der Waals surface area contributed by atoms with Crippen LogP contribution in [-0.2, 0) is 20.7 Å². The molecule has 28 heavy (non-hydrogen) atoms. The number of hydrogen-bond acceptors (Lipinski definition) is 8. The minimum absolute atomic E-state index is 0.0646. The van der Waals surface area contributed by atoms with Crippen molar-refractivity contribution in [2.24, 2.45) is 0 Å². The van der Waals surface area contributed by atoms with Crippen LogP contribution in [0, 0.1) is 0 Å². The number of hydrogen-bond donors (Lipinski definition) is 3. The van der Waals surface area contributed by atoms with Gasteiger partial charge in [0.1, 0.15) is 0 Å². The molecule has 0 saturated heterocycles. The Labute approximate surface area is 173 Å². The molecule has 2 aromatic rings. The predicted molar refractivity (Wildman–Crippen MR) is 115 cm³/mol. The van der Waals surface area contributed by atoms with Crippen LogP contribution < -0.4 is 16.0 Å². The summed E-state index contributed by atoms with van der Waals surface area (Å²) < 4.78 is 4.68. The van der Waals surface area contributed by atoms with E-state index in [0.29, 0.717) is 5.88 Å². The highest BCUT2D eigenvalue weighted by molar-refractivity contribution is 8.08. The van der Waals surface area contributed by atoms with Gasteiger partial charge in [0.25, 0.3) is 0 Å². The number of amides is 1. The summed E-state index contributed by atoms with van der Waals surface area (Å²) in [5, 5.41) is 11.9. The number of carbonyl (C=O) groups is 2. The maximum Gasteiger partial charge on any atom is 0.309 e. The van der Waals surface area contributed by atoms with Crippen molar-refractivity contribution in [1.29, 1.82) is 0 Å². The molecule has 0 saturated carbocycles. The first-order valence-electron chi connectivity index (χ1n) is 8.57. The standard InChI is InChI=1S/C19H24N4O3S2/c1-12(20-3)18(28-11-21-13(2)24)16-10-27-19(23-16)22-15-7-5-14(6-8-15)9-17(25)26-4/h5-8,10,20H,9,11H2,1-4H3,(H,21,24)(H,22,23)/b18-12-. The Bertz CT molecular complexity index is 847. The Morgan fingerprint density at radius 2 is 1.93 bits per heavy atom. The number of thioether (sulfide) groups is 1. The van der Waals surface area contributed by atoms with Gasteiger partial charge in [-0.25, -0.2) is 4.98 Å². The summed E-state index contributed by atoms with van der Waals surface area (Å²) in [6, 6.07) is 7.57. The third kappa shape index (κ3) is 6.58. The van der Waals surface area contributed by atoms with E-state index in [9.17, 15) is 9.59 Å². The highest BCUT2D eigenvalue weighted by atomic mass is 32.2. The van der Waals surface area contributed by atoms with Gasteiger partial charge in [-0.05, 0) is 24.6 Å². The van der Waals surface area contributed by atoms with E-state index >= 15 is 0 Å². The fourth-order valence-corrected chi connectivity index (χ4v) is 3.99. The first-order chi connectivity index (χ1) is 13.4. The maximum atomic E-state index is 11.3. The molecule has 0 atom stereocenters. The monoisotopic (exact) mass is 420 g/mol. The molecule has 3 N–H and O–H groups in total. The van der Waals surface area contributed by atoms with Gasteiger partial charge in [-0.15, -0.1) is 23.1 Å². The zero-order chi connectivity index (χ0) is 20.5. The molecule has 0 fully saturated rings. The van der Waals surface area contributed by atoms with Gasteiger partial charge >= 0.3 is 5.97 Å². The van der Waals surface area contributed by atoms with Crippen LogP contribution in [-0.4, -0.2) is 36.9 Å². The Morgan fingerprint density at radius 3 is 2.54 bits per heavy atom. The molecule has 1 amide bonds. The van der Waals surface area contributed by atoms with Crippen LogP contribution in [0.4, 0.5) is 10.8 Å². The molecule has 1 heterocycles. The fraction of sp³-hybridized carbons (Fsp3) is 0.316. The van der Waals surface area contributed by atoms with Crippen LogP contribution in [0.3, 0.4) is 0 Å². The molecule has 0 aliphatic carbocycles. The highest BCUT2D eigenvalue weighted by Crippen LogP contribution is 2.32. The number of methoxy groups -OCH3 is 1. The SMILES string of the molecule is CN/C(C)=C(\SCNC(C)=O)c1csc(Nc2ccc(CC(=O)OC)cc2)n1. The van der Waals surface area contributed by atoms with E-state index in [4.69, 9.17) is 0 Å². The van der Waals surface area contributed by atoms with E-state index in [2.05, 4.69) is 25.7 Å². The first kappa shape index (κ1) is 21.8. The molecule has 7 nitrogen and oxygen atoms in total. The Kier molecular flexibility index (Phi) is 8.34. The average molecular weight is 421 g/mol. The van der Waals surface area contributed by atoms with Crippen molar-refractivity contribution < 1.29 is 14.3 Å². The van der Waals surface area contributed by atoms with Crippen molar-refractivity contribution in [2.45, 2.75) is 20.3 Å². The predicted octanol–water partition coefficient (Wildman–Crippen LogP) is 3.34. The van der Waals surface area contributed by atoms with Gasteiger partial charge in [-0.2, -0.15) is 0 Å². The van der Waals surface area contributed by atoms with E-state index < -0.39 is 0 Å². The molecular formula is C19H24N4O3S2. The second-order valence-electron chi connectivity index (χ2n) is 5.84. The fourth-order valence-electron chi connectivity index (χ4n) is 2.20. The van der Waals surface area contributed by atoms with E-state index in [1.165, 1.54) is 37.1 Å². The maximum absolute atomic E-state index is 11.3. The summed E-state index contributed by atoms with van der Waals surface area (Å²) in [5.74, 6) is 0.150. The summed E-state index contributed by atoms with van der Waals surface area (Å²) in [5.41, 5.74) is 3.61. The minimum atomic E-state index is -0.263. The molecule has 0 radical (unpaired) electrons. The van der Waals surface area contributed by atoms with Crippen molar-refractivity contribution in [3.63, 3.8) is 0 Å². The molecule has 2 rings (SSSR count). The molecule has 1 aromatic carbocycles. The average Bonchev–Trinajstić information content (AvgIpc) is 3.14. The number of aromatic nitrogens is 1. The smallest absolute Gasteiger partial charge is 0.309 e. The zero-order valence-corrected chi connectivity index (χ0v) is 17.9. The quantitative estimate of drug-likeness (QED) is 0.423. The third-order valence-electron chi connectivity index (χ3n) is 3.77. The summed E-state index contributed by atoms with van der Waals surface area (Å²) in [6.07, 6.45) is 0.251. The summed E-state index contributed by atoms with van der Waals surface area (Å²) in [6.45, 7) is 3.47. The van der Waals surface area contributed by atoms with Gasteiger partial charge in [0.05, 0.1) is 30.0 Å². The number of rotatable bonds is 9. The molecule has 150 valence electrons. The van der Waals surface area contributed by atoms with Crippen molar-refractivity contribution in [3.8, 4) is 0 Å². The van der Waals surface area contributed by atoms with Gasteiger partial charge in [-0.3, -0.25) is 9.59 Å². The second kappa shape index (κ2) is 10.7. The van der Waals surface area contributed by atoms with E-state index in [1.807, 2.05) is 43.6 Å². The number of ether oxygens (including phenoxy) is 1. The summed E-state index contributed by atoms with van der Waals surface area (Å²) in [7, 11) is 3.24. The Hall–Kier alpha value is -2.52. The zero-order valence-electron chi connectivity index (χ0n) is 16.3. The van der Waals surface area contributed by atoms with Crippen LogP contribution in [0.5, 0.6) is 0 Å². The number of carbonyl (C=O) groups excluding carboxylic acids is 2. The number of nitrogens with one attached hydrogen (secondary N) is 3. The van der Waals surface area contributed by atoms with Crippen molar-refractivity contribution in [1.82, 2.24) is 15.6 Å². The molecule has 1 aromatic heterocycles. The van der Waals surface area contributed by atoms with Crippen LogP contribution in [0.15, 0.2) is 35.3 Å². The molecular weight excluding hydrogens is 396 g/mol. The largest absolute Gasteiger partial charge is 0.469 e. The van der Waals surface area contributed by atoms with Crippen LogP contribution in [0.2, 0.25) is 0 Å². The molecule has 0 aliphatic rings. The van der Waals surface area contributed by atoms with Crippen LogP contribution in [0.25, 0.3) is 4.91 Å². The lowest BCUT2D eigenvalue weighted by atomic mass is 10.1. The van der Waals surface area contributed by atoms with E-state index in [-0.39, 0.29) is 18.3 Å². The van der Waals surface area contributed by atoms with E-state index in [1.54, 1.807) is 0 Å².